The van der Waals surface area contributed by atoms with Crippen molar-refractivity contribution in [1.82, 2.24) is 19.8 Å². The Kier molecular flexibility index (Phi) is 7.35. The molecule has 2 aromatic heterocycles. The van der Waals surface area contributed by atoms with E-state index in [0.717, 1.165) is 34.8 Å². The molecule has 4 rings (SSSR count). The van der Waals surface area contributed by atoms with Gasteiger partial charge in [0.15, 0.2) is 5.11 Å². The standard InChI is InChI=1S/C26H27F3N4O2S/c1-16-14-20(17(2)33(16)19-9-6-8-18(15-19)26(27,28)29)24-23(21-10-4-5-12-30-21)31-25(36)32(24)13-7-11-22(34)35-3/h4-6,8-10,12,14-15,23-24H,7,11,13H2,1-3H3,(H,31,36)/t23-,24+/m0/s1. The van der Waals surface area contributed by atoms with E-state index in [9.17, 15) is 18.0 Å². The van der Waals surface area contributed by atoms with Crippen LogP contribution in [0.4, 0.5) is 13.2 Å². The lowest BCUT2D eigenvalue weighted by molar-refractivity contribution is -0.141. The van der Waals surface area contributed by atoms with Gasteiger partial charge in [-0.2, -0.15) is 13.2 Å². The van der Waals surface area contributed by atoms with Gasteiger partial charge in [-0.15, -0.1) is 0 Å². The van der Waals surface area contributed by atoms with Crippen molar-refractivity contribution in [2.45, 2.75) is 44.9 Å². The zero-order valence-electron chi connectivity index (χ0n) is 20.2. The van der Waals surface area contributed by atoms with E-state index in [1.54, 1.807) is 12.3 Å². The number of pyridine rings is 1. The Morgan fingerprint density at radius 2 is 1.94 bits per heavy atom. The lowest BCUT2D eigenvalue weighted by Gasteiger charge is -2.28. The summed E-state index contributed by atoms with van der Waals surface area (Å²) in [4.78, 5) is 18.2. The van der Waals surface area contributed by atoms with Crippen LogP contribution in [0.1, 0.15) is 53.1 Å². The fourth-order valence-electron chi connectivity index (χ4n) is 4.79. The average Bonchev–Trinajstić information content (AvgIpc) is 3.33. The highest BCUT2D eigenvalue weighted by molar-refractivity contribution is 7.80. The number of aryl methyl sites for hydroxylation is 1. The molecule has 1 aromatic carbocycles. The molecule has 0 saturated carbocycles. The van der Waals surface area contributed by atoms with Crippen LogP contribution in [0, 0.1) is 13.8 Å². The van der Waals surface area contributed by atoms with Crippen LogP contribution < -0.4 is 5.32 Å². The van der Waals surface area contributed by atoms with Crippen LogP contribution in [0.5, 0.6) is 0 Å². The van der Waals surface area contributed by atoms with Crippen molar-refractivity contribution in [3.8, 4) is 5.69 Å². The SMILES string of the molecule is COC(=O)CCCN1C(=S)N[C@@H](c2ccccn2)[C@H]1c1cc(C)n(-c2cccc(C(F)(F)F)c2)c1C. The maximum atomic E-state index is 13.4. The monoisotopic (exact) mass is 516 g/mol. The lowest BCUT2D eigenvalue weighted by Crippen LogP contribution is -2.31. The third-order valence-electron chi connectivity index (χ3n) is 6.43. The van der Waals surface area contributed by atoms with E-state index < -0.39 is 11.7 Å². The Morgan fingerprint density at radius 1 is 1.17 bits per heavy atom. The van der Waals surface area contributed by atoms with Crippen LogP contribution >= 0.6 is 12.2 Å². The highest BCUT2D eigenvalue weighted by Crippen LogP contribution is 2.42. The first kappa shape index (κ1) is 25.7. The summed E-state index contributed by atoms with van der Waals surface area (Å²) in [7, 11) is 1.35. The Labute approximate surface area is 213 Å². The maximum absolute atomic E-state index is 13.4. The number of esters is 1. The number of halogens is 3. The van der Waals surface area contributed by atoms with Gasteiger partial charge in [0.1, 0.15) is 0 Å². The van der Waals surface area contributed by atoms with Gasteiger partial charge in [0.05, 0.1) is 30.5 Å². The molecule has 0 unspecified atom stereocenters. The van der Waals surface area contributed by atoms with E-state index in [1.807, 2.05) is 47.6 Å². The minimum atomic E-state index is -4.43. The second-order valence-electron chi connectivity index (χ2n) is 8.71. The number of rotatable bonds is 7. The van der Waals surface area contributed by atoms with Crippen LogP contribution in [0.3, 0.4) is 0 Å². The molecule has 0 aliphatic carbocycles. The van der Waals surface area contributed by atoms with Gasteiger partial charge in [-0.25, -0.2) is 0 Å². The predicted octanol–water partition coefficient (Wildman–Crippen LogP) is 5.43. The first-order chi connectivity index (χ1) is 17.1. The third-order valence-corrected chi connectivity index (χ3v) is 6.78. The molecule has 0 amide bonds. The van der Waals surface area contributed by atoms with Gasteiger partial charge in [-0.05, 0) is 74.4 Å². The number of nitrogens with one attached hydrogen (secondary N) is 1. The summed E-state index contributed by atoms with van der Waals surface area (Å²) in [6.07, 6.45) is -1.94. The van der Waals surface area contributed by atoms with Gasteiger partial charge in [-0.1, -0.05) is 12.1 Å². The number of nitrogens with zero attached hydrogens (tertiary/aromatic N) is 3. The van der Waals surface area contributed by atoms with Gasteiger partial charge < -0.3 is 19.5 Å². The highest BCUT2D eigenvalue weighted by atomic mass is 32.1. The lowest BCUT2D eigenvalue weighted by atomic mass is 9.96. The number of hydrogen-bond acceptors (Lipinski definition) is 4. The number of carbonyl (C=O) groups is 1. The molecule has 1 N–H and O–H groups in total. The number of benzene rings is 1. The first-order valence-electron chi connectivity index (χ1n) is 11.5. The average molecular weight is 517 g/mol. The summed E-state index contributed by atoms with van der Waals surface area (Å²) < 4.78 is 46.8. The van der Waals surface area contributed by atoms with Crippen LogP contribution in [0.25, 0.3) is 5.69 Å². The summed E-state index contributed by atoms with van der Waals surface area (Å²) in [5.41, 5.74) is 3.06. The van der Waals surface area contributed by atoms with Crippen molar-refractivity contribution in [3.05, 3.63) is 82.9 Å². The molecule has 1 aliphatic rings. The third kappa shape index (κ3) is 5.09. The first-order valence-corrected chi connectivity index (χ1v) is 11.9. The quantitative estimate of drug-likeness (QED) is 0.334. The van der Waals surface area contributed by atoms with Crippen molar-refractivity contribution < 1.29 is 22.7 Å². The van der Waals surface area contributed by atoms with E-state index in [-0.39, 0.29) is 24.5 Å². The molecule has 2 atom stereocenters. The number of carbonyl (C=O) groups excluding carboxylic acids is 1. The molecular weight excluding hydrogens is 489 g/mol. The largest absolute Gasteiger partial charge is 0.469 e. The van der Waals surface area contributed by atoms with Crippen molar-refractivity contribution >= 4 is 23.3 Å². The van der Waals surface area contributed by atoms with Crippen LogP contribution in [0.2, 0.25) is 0 Å². The molecule has 1 aliphatic heterocycles. The van der Waals surface area contributed by atoms with Gasteiger partial charge in [0, 0.05) is 36.2 Å². The van der Waals surface area contributed by atoms with Crippen molar-refractivity contribution in [3.63, 3.8) is 0 Å². The maximum Gasteiger partial charge on any atom is 0.416 e. The van der Waals surface area contributed by atoms with Crippen LogP contribution in [-0.2, 0) is 15.7 Å². The molecule has 3 heterocycles. The summed E-state index contributed by atoms with van der Waals surface area (Å²) in [6, 6.07) is 12.4. The van der Waals surface area contributed by atoms with Crippen LogP contribution in [-0.4, -0.2) is 39.2 Å². The summed E-state index contributed by atoms with van der Waals surface area (Å²) in [5.74, 6) is -0.298. The molecule has 6 nitrogen and oxygen atoms in total. The van der Waals surface area contributed by atoms with E-state index in [0.29, 0.717) is 23.8 Å². The fraction of sp³-hybridized carbons (Fsp3) is 0.346. The van der Waals surface area contributed by atoms with Gasteiger partial charge in [0.25, 0.3) is 0 Å². The summed E-state index contributed by atoms with van der Waals surface area (Å²) in [6.45, 7) is 4.27. The smallest absolute Gasteiger partial charge is 0.416 e. The number of aromatic nitrogens is 2. The summed E-state index contributed by atoms with van der Waals surface area (Å²) in [5, 5.41) is 3.90. The van der Waals surface area contributed by atoms with Gasteiger partial charge in [0.2, 0.25) is 0 Å². The molecule has 0 bridgehead atoms. The van der Waals surface area contributed by atoms with E-state index in [1.165, 1.54) is 13.2 Å². The molecule has 10 heteroatoms. The molecule has 0 radical (unpaired) electrons. The van der Waals surface area contributed by atoms with Gasteiger partial charge in [-0.3, -0.25) is 9.78 Å². The van der Waals surface area contributed by atoms with E-state index >= 15 is 0 Å². The number of ether oxygens (including phenoxy) is 1. The predicted molar refractivity (Wildman–Crippen MR) is 134 cm³/mol. The number of alkyl halides is 3. The Balaban J connectivity index is 1.76. The zero-order valence-corrected chi connectivity index (χ0v) is 21.0. The molecule has 1 fully saturated rings. The zero-order chi connectivity index (χ0) is 26.0. The topological polar surface area (TPSA) is 59.4 Å². The van der Waals surface area contributed by atoms with E-state index in [2.05, 4.69) is 10.3 Å². The van der Waals surface area contributed by atoms with Crippen molar-refractivity contribution in [1.29, 1.82) is 0 Å². The second-order valence-corrected chi connectivity index (χ2v) is 9.10. The number of hydrogen-bond donors (Lipinski definition) is 1. The summed E-state index contributed by atoms with van der Waals surface area (Å²) >= 11 is 5.68. The van der Waals surface area contributed by atoms with Crippen molar-refractivity contribution in [2.75, 3.05) is 13.7 Å². The number of methoxy groups -OCH3 is 1. The number of thiocarbonyl (C=S) groups is 1. The normalized spacial score (nSPS) is 17.8. The van der Waals surface area contributed by atoms with E-state index in [4.69, 9.17) is 17.0 Å². The minimum Gasteiger partial charge on any atom is -0.469 e. The molecule has 3 aromatic rings. The van der Waals surface area contributed by atoms with Crippen molar-refractivity contribution in [2.24, 2.45) is 0 Å². The second kappa shape index (κ2) is 10.3. The highest BCUT2D eigenvalue weighted by Gasteiger charge is 2.41. The molecule has 1 saturated heterocycles. The van der Waals surface area contributed by atoms with Crippen LogP contribution in [0.15, 0.2) is 54.7 Å². The fourth-order valence-corrected chi connectivity index (χ4v) is 5.12. The molecule has 36 heavy (non-hydrogen) atoms. The molecular formula is C26H27F3N4O2S. The molecule has 0 spiro atoms. The Hall–Kier alpha value is -3.40. The molecule has 190 valence electrons. The Morgan fingerprint density at radius 3 is 2.61 bits per heavy atom. The Bertz CT molecular complexity index is 1260. The van der Waals surface area contributed by atoms with Gasteiger partial charge >= 0.3 is 12.1 Å². The minimum absolute atomic E-state index is 0.250.